The molecular formula is C13H20N6O. The van der Waals surface area contributed by atoms with Crippen LogP contribution in [-0.2, 0) is 20.0 Å². The Balaban J connectivity index is 1.87. The fourth-order valence-electron chi connectivity index (χ4n) is 2.09. The lowest BCUT2D eigenvalue weighted by Crippen LogP contribution is -2.28. The second-order valence-electron chi connectivity index (χ2n) is 4.56. The number of nitrogens with zero attached hydrogens (tertiary/aromatic N) is 4. The Labute approximate surface area is 117 Å². The van der Waals surface area contributed by atoms with Gasteiger partial charge in [0.25, 0.3) is 5.91 Å². The van der Waals surface area contributed by atoms with Crippen molar-refractivity contribution in [2.45, 2.75) is 26.3 Å². The normalized spacial score (nSPS) is 10.7. The van der Waals surface area contributed by atoms with Gasteiger partial charge in [-0.3, -0.25) is 14.2 Å². The molecule has 0 saturated heterocycles. The summed E-state index contributed by atoms with van der Waals surface area (Å²) >= 11 is 0. The van der Waals surface area contributed by atoms with Gasteiger partial charge in [-0.1, -0.05) is 6.92 Å². The summed E-state index contributed by atoms with van der Waals surface area (Å²) in [6.07, 6.45) is 5.16. The van der Waals surface area contributed by atoms with Crippen LogP contribution in [0.2, 0.25) is 0 Å². The average molecular weight is 276 g/mol. The van der Waals surface area contributed by atoms with E-state index in [-0.39, 0.29) is 5.91 Å². The van der Waals surface area contributed by atoms with E-state index in [1.807, 2.05) is 23.9 Å². The van der Waals surface area contributed by atoms with Crippen molar-refractivity contribution < 1.29 is 4.79 Å². The Kier molecular flexibility index (Phi) is 4.39. The van der Waals surface area contributed by atoms with Crippen molar-refractivity contribution in [1.29, 1.82) is 0 Å². The molecule has 7 nitrogen and oxygen atoms in total. The van der Waals surface area contributed by atoms with Crippen LogP contribution in [0.25, 0.3) is 0 Å². The summed E-state index contributed by atoms with van der Waals surface area (Å²) in [4.78, 5) is 12.1. The molecule has 2 aromatic heterocycles. The van der Waals surface area contributed by atoms with Crippen molar-refractivity contribution in [1.82, 2.24) is 24.9 Å². The molecule has 0 bridgehead atoms. The molecule has 108 valence electrons. The number of hydrogen-bond donors (Lipinski definition) is 2. The van der Waals surface area contributed by atoms with E-state index in [1.54, 1.807) is 13.2 Å². The zero-order valence-corrected chi connectivity index (χ0v) is 11.8. The summed E-state index contributed by atoms with van der Waals surface area (Å²) < 4.78 is 3.37. The Morgan fingerprint density at radius 1 is 1.50 bits per heavy atom. The number of aryl methyl sites for hydroxylation is 3. The molecule has 1 amide bonds. The lowest BCUT2D eigenvalue weighted by Gasteiger charge is -2.06. The predicted octanol–water partition coefficient (Wildman–Crippen LogP) is 0.581. The van der Waals surface area contributed by atoms with E-state index in [0.29, 0.717) is 24.3 Å². The maximum atomic E-state index is 12.1. The molecule has 2 rings (SSSR count). The molecule has 0 atom stereocenters. The molecule has 0 aliphatic heterocycles. The van der Waals surface area contributed by atoms with Gasteiger partial charge in [0.15, 0.2) is 0 Å². The number of carbonyl (C=O) groups is 1. The number of nitrogens with two attached hydrogens (primary N) is 1. The van der Waals surface area contributed by atoms with Crippen LogP contribution in [0.5, 0.6) is 0 Å². The van der Waals surface area contributed by atoms with Gasteiger partial charge in [-0.2, -0.15) is 10.2 Å². The van der Waals surface area contributed by atoms with E-state index in [0.717, 1.165) is 18.7 Å². The van der Waals surface area contributed by atoms with Crippen molar-refractivity contribution in [2.24, 2.45) is 7.05 Å². The van der Waals surface area contributed by atoms with Crippen LogP contribution < -0.4 is 11.1 Å². The van der Waals surface area contributed by atoms with Gasteiger partial charge in [0, 0.05) is 32.5 Å². The fraction of sp³-hybridized carbons (Fsp3) is 0.462. The molecule has 20 heavy (non-hydrogen) atoms. The van der Waals surface area contributed by atoms with Crippen LogP contribution in [0.4, 0.5) is 5.69 Å². The molecular weight excluding hydrogens is 256 g/mol. The first-order valence-corrected chi connectivity index (χ1v) is 6.70. The van der Waals surface area contributed by atoms with Crippen molar-refractivity contribution in [3.05, 3.63) is 29.8 Å². The van der Waals surface area contributed by atoms with Gasteiger partial charge in [0.1, 0.15) is 5.69 Å². The minimum absolute atomic E-state index is 0.183. The highest BCUT2D eigenvalue weighted by Crippen LogP contribution is 2.16. The van der Waals surface area contributed by atoms with E-state index in [9.17, 15) is 4.79 Å². The van der Waals surface area contributed by atoms with Gasteiger partial charge < -0.3 is 11.1 Å². The second kappa shape index (κ2) is 6.23. The smallest absolute Gasteiger partial charge is 0.271 e. The maximum Gasteiger partial charge on any atom is 0.271 e. The molecule has 2 heterocycles. The Bertz CT molecular complexity index is 572. The molecule has 0 aliphatic carbocycles. The molecule has 3 N–H and O–H groups in total. The van der Waals surface area contributed by atoms with Crippen molar-refractivity contribution in [3.63, 3.8) is 0 Å². The summed E-state index contributed by atoms with van der Waals surface area (Å²) in [6, 6.07) is 1.88. The van der Waals surface area contributed by atoms with Crippen LogP contribution in [0.15, 0.2) is 18.5 Å². The summed E-state index contributed by atoms with van der Waals surface area (Å²) in [5.41, 5.74) is 7.60. The number of nitrogens with one attached hydrogen (secondary N) is 1. The molecule has 0 radical (unpaired) electrons. The molecule has 0 aromatic carbocycles. The largest absolute Gasteiger partial charge is 0.395 e. The quantitative estimate of drug-likeness (QED) is 0.755. The highest BCUT2D eigenvalue weighted by Gasteiger charge is 2.18. The Morgan fingerprint density at radius 3 is 2.90 bits per heavy atom. The first-order chi connectivity index (χ1) is 9.63. The van der Waals surface area contributed by atoms with Crippen LogP contribution in [0.1, 0.15) is 29.5 Å². The zero-order valence-electron chi connectivity index (χ0n) is 11.8. The first-order valence-electron chi connectivity index (χ1n) is 6.70. The molecule has 0 spiro atoms. The molecule has 7 heteroatoms. The number of carbonyl (C=O) groups excluding carboxylic acids is 1. The molecule has 2 aromatic rings. The Hall–Kier alpha value is -2.31. The van der Waals surface area contributed by atoms with Crippen LogP contribution in [0.3, 0.4) is 0 Å². The minimum atomic E-state index is -0.183. The van der Waals surface area contributed by atoms with Crippen LogP contribution >= 0.6 is 0 Å². The van der Waals surface area contributed by atoms with Crippen molar-refractivity contribution >= 4 is 11.6 Å². The number of hydrogen-bond acceptors (Lipinski definition) is 4. The number of nitrogen functional groups attached to an aromatic ring is 1. The van der Waals surface area contributed by atoms with Crippen LogP contribution in [-0.4, -0.2) is 32.0 Å². The van der Waals surface area contributed by atoms with Gasteiger partial charge in [-0.15, -0.1) is 0 Å². The number of anilines is 1. The molecule has 0 saturated carbocycles. The molecule has 0 aliphatic rings. The number of aromatic nitrogens is 4. The average Bonchev–Trinajstić information content (AvgIpc) is 3.02. The third-order valence-corrected chi connectivity index (χ3v) is 3.12. The lowest BCUT2D eigenvalue weighted by atomic mass is 10.2. The highest BCUT2D eigenvalue weighted by atomic mass is 16.2. The summed E-state index contributed by atoms with van der Waals surface area (Å²) in [7, 11) is 1.73. The standard InChI is InChI=1S/C13H20N6O/c1-3-10-11(14)12(18(2)17-10)13(20)15-6-4-8-19-9-5-7-16-19/h5,7,9H,3-4,6,8,14H2,1-2H3,(H,15,20). The first kappa shape index (κ1) is 14.1. The zero-order chi connectivity index (χ0) is 14.5. The van der Waals surface area contributed by atoms with Gasteiger partial charge in [-0.05, 0) is 18.9 Å². The van der Waals surface area contributed by atoms with Gasteiger partial charge in [0.2, 0.25) is 0 Å². The van der Waals surface area contributed by atoms with Gasteiger partial charge >= 0.3 is 0 Å². The monoisotopic (exact) mass is 276 g/mol. The lowest BCUT2D eigenvalue weighted by molar-refractivity contribution is 0.0944. The third-order valence-electron chi connectivity index (χ3n) is 3.12. The Morgan fingerprint density at radius 2 is 2.30 bits per heavy atom. The van der Waals surface area contributed by atoms with Crippen molar-refractivity contribution in [3.8, 4) is 0 Å². The topological polar surface area (TPSA) is 90.8 Å². The summed E-state index contributed by atoms with van der Waals surface area (Å²) in [5, 5.41) is 11.2. The van der Waals surface area contributed by atoms with Gasteiger partial charge in [-0.25, -0.2) is 0 Å². The predicted molar refractivity (Wildman–Crippen MR) is 76.2 cm³/mol. The van der Waals surface area contributed by atoms with E-state index < -0.39 is 0 Å². The summed E-state index contributed by atoms with van der Waals surface area (Å²) in [6.45, 7) is 3.31. The van der Waals surface area contributed by atoms with E-state index in [2.05, 4.69) is 15.5 Å². The van der Waals surface area contributed by atoms with Crippen molar-refractivity contribution in [2.75, 3.05) is 12.3 Å². The van der Waals surface area contributed by atoms with E-state index >= 15 is 0 Å². The SMILES string of the molecule is CCc1nn(C)c(C(=O)NCCCn2cccn2)c1N. The molecule has 0 fully saturated rings. The van der Waals surface area contributed by atoms with E-state index in [4.69, 9.17) is 5.73 Å². The van der Waals surface area contributed by atoms with E-state index in [1.165, 1.54) is 4.68 Å². The minimum Gasteiger partial charge on any atom is -0.395 e. The fourth-order valence-corrected chi connectivity index (χ4v) is 2.09. The maximum absolute atomic E-state index is 12.1. The highest BCUT2D eigenvalue weighted by molar-refractivity contribution is 5.97. The summed E-state index contributed by atoms with van der Waals surface area (Å²) in [5.74, 6) is -0.183. The third kappa shape index (κ3) is 2.98. The number of amides is 1. The van der Waals surface area contributed by atoms with Gasteiger partial charge in [0.05, 0.1) is 11.4 Å². The van der Waals surface area contributed by atoms with Crippen LogP contribution in [0, 0.1) is 0 Å². The second-order valence-corrected chi connectivity index (χ2v) is 4.56. The number of rotatable bonds is 6. The molecule has 0 unspecified atom stereocenters.